The summed E-state index contributed by atoms with van der Waals surface area (Å²) < 4.78 is 16.2. The van der Waals surface area contributed by atoms with Crippen LogP contribution in [0.4, 0.5) is 10.5 Å². The summed E-state index contributed by atoms with van der Waals surface area (Å²) in [5, 5.41) is 18.5. The van der Waals surface area contributed by atoms with E-state index in [0.717, 1.165) is 12.0 Å². The molecular formula is C21H29N3O5. The number of aliphatic hydroxyl groups excluding tert-OH is 1. The van der Waals surface area contributed by atoms with Crippen LogP contribution in [-0.4, -0.2) is 58.2 Å². The first kappa shape index (κ1) is 22.3. The number of nitrogens with one attached hydrogen (secondary N) is 3. The van der Waals surface area contributed by atoms with Crippen LogP contribution in [0.3, 0.4) is 0 Å². The van der Waals surface area contributed by atoms with Crippen molar-refractivity contribution in [2.45, 2.75) is 12.5 Å². The average molecular weight is 403 g/mol. The van der Waals surface area contributed by atoms with Crippen LogP contribution in [0.5, 0.6) is 17.2 Å². The number of amides is 2. The Morgan fingerprint density at radius 2 is 1.83 bits per heavy atom. The zero-order chi connectivity index (χ0) is 21.1. The van der Waals surface area contributed by atoms with Crippen molar-refractivity contribution in [1.82, 2.24) is 10.6 Å². The molecule has 0 spiro atoms. The third kappa shape index (κ3) is 7.17. The Morgan fingerprint density at radius 3 is 2.55 bits per heavy atom. The van der Waals surface area contributed by atoms with Gasteiger partial charge < -0.3 is 35.3 Å². The average Bonchev–Trinajstić information content (AvgIpc) is 2.75. The third-order valence-corrected chi connectivity index (χ3v) is 4.21. The molecule has 29 heavy (non-hydrogen) atoms. The van der Waals surface area contributed by atoms with E-state index >= 15 is 0 Å². The Labute approximate surface area is 171 Å². The summed E-state index contributed by atoms with van der Waals surface area (Å²) >= 11 is 0. The second-order valence-corrected chi connectivity index (χ2v) is 6.31. The Hall–Kier alpha value is -2.97. The Kier molecular flexibility index (Phi) is 9.07. The van der Waals surface area contributed by atoms with E-state index in [9.17, 15) is 9.90 Å². The summed E-state index contributed by atoms with van der Waals surface area (Å²) in [4.78, 5) is 11.5. The largest absolute Gasteiger partial charge is 0.493 e. The van der Waals surface area contributed by atoms with Gasteiger partial charge in [-0.05, 0) is 42.8 Å². The second-order valence-electron chi connectivity index (χ2n) is 6.31. The van der Waals surface area contributed by atoms with E-state index in [4.69, 9.17) is 14.2 Å². The third-order valence-electron chi connectivity index (χ3n) is 4.21. The van der Waals surface area contributed by atoms with Crippen molar-refractivity contribution in [2.75, 3.05) is 46.3 Å². The zero-order valence-corrected chi connectivity index (χ0v) is 17.0. The van der Waals surface area contributed by atoms with Crippen LogP contribution in [0, 0.1) is 0 Å². The van der Waals surface area contributed by atoms with Crippen molar-refractivity contribution < 1.29 is 24.1 Å². The number of methoxy groups -OCH3 is 2. The summed E-state index contributed by atoms with van der Waals surface area (Å²) in [5.74, 6) is 1.89. The molecule has 2 aromatic rings. The zero-order valence-electron chi connectivity index (χ0n) is 17.0. The normalized spacial score (nSPS) is 11.4. The summed E-state index contributed by atoms with van der Waals surface area (Å²) in [5.41, 5.74) is 1.65. The molecule has 4 N–H and O–H groups in total. The van der Waals surface area contributed by atoms with Crippen LogP contribution < -0.4 is 30.2 Å². The number of benzene rings is 2. The Balaban J connectivity index is 1.74. The monoisotopic (exact) mass is 403 g/mol. The number of hydrogen-bond donors (Lipinski definition) is 4. The maximum Gasteiger partial charge on any atom is 0.319 e. The first-order valence-electron chi connectivity index (χ1n) is 9.37. The molecule has 1 atom stereocenters. The van der Waals surface area contributed by atoms with Crippen LogP contribution in [-0.2, 0) is 6.42 Å². The molecule has 0 bridgehead atoms. The summed E-state index contributed by atoms with van der Waals surface area (Å²) in [6.45, 7) is 1.19. The van der Waals surface area contributed by atoms with Gasteiger partial charge in [0.15, 0.2) is 11.5 Å². The van der Waals surface area contributed by atoms with E-state index in [2.05, 4.69) is 16.0 Å². The van der Waals surface area contributed by atoms with Gasteiger partial charge in [0.2, 0.25) is 0 Å². The maximum atomic E-state index is 11.5. The summed E-state index contributed by atoms with van der Waals surface area (Å²) in [6, 6.07) is 12.5. The van der Waals surface area contributed by atoms with Gasteiger partial charge in [-0.15, -0.1) is 0 Å². The van der Waals surface area contributed by atoms with Gasteiger partial charge in [-0.1, -0.05) is 18.2 Å². The van der Waals surface area contributed by atoms with E-state index in [1.807, 2.05) is 18.2 Å². The topological polar surface area (TPSA) is 101 Å². The molecular weight excluding hydrogens is 374 g/mol. The lowest BCUT2D eigenvalue weighted by molar-refractivity contribution is 0.107. The number of rotatable bonds is 11. The fraction of sp³-hybridized carbons (Fsp3) is 0.381. The first-order valence-corrected chi connectivity index (χ1v) is 9.37. The van der Waals surface area contributed by atoms with Crippen molar-refractivity contribution in [3.63, 3.8) is 0 Å². The minimum Gasteiger partial charge on any atom is -0.493 e. The highest BCUT2D eigenvalue weighted by atomic mass is 16.5. The number of aliphatic hydroxyl groups is 1. The van der Waals surface area contributed by atoms with Crippen molar-refractivity contribution >= 4 is 11.7 Å². The second kappa shape index (κ2) is 11.8. The highest BCUT2D eigenvalue weighted by Gasteiger charge is 2.10. The number of carbonyl (C=O) groups excluding carboxylic acids is 1. The van der Waals surface area contributed by atoms with Crippen LogP contribution in [0.25, 0.3) is 0 Å². The van der Waals surface area contributed by atoms with Gasteiger partial charge in [0.1, 0.15) is 18.5 Å². The fourth-order valence-electron chi connectivity index (χ4n) is 2.66. The minimum atomic E-state index is -0.687. The number of ether oxygens (including phenoxy) is 3. The van der Waals surface area contributed by atoms with E-state index < -0.39 is 6.10 Å². The number of hydrogen-bond acceptors (Lipinski definition) is 6. The smallest absolute Gasteiger partial charge is 0.319 e. The van der Waals surface area contributed by atoms with Gasteiger partial charge >= 0.3 is 6.03 Å². The molecule has 0 aromatic heterocycles. The van der Waals surface area contributed by atoms with Gasteiger partial charge in [-0.2, -0.15) is 0 Å². The highest BCUT2D eigenvalue weighted by molar-refractivity contribution is 5.90. The van der Waals surface area contributed by atoms with Crippen LogP contribution in [0.15, 0.2) is 42.5 Å². The van der Waals surface area contributed by atoms with Crippen molar-refractivity contribution in [3.8, 4) is 17.2 Å². The molecule has 1 unspecified atom stereocenters. The molecule has 8 heteroatoms. The standard InChI is InChI=1S/C21H29N3O5/c1-22-21(26)24-17-6-4-5-7-18(17)29-14-16(25)13-23-11-10-15-8-9-19(27-2)20(12-15)28-3/h4-9,12,16,23,25H,10-11,13-14H2,1-3H3,(H2,22,24,26). The van der Waals surface area contributed by atoms with Crippen LogP contribution in [0.1, 0.15) is 5.56 Å². The molecule has 2 amide bonds. The van der Waals surface area contributed by atoms with Crippen molar-refractivity contribution in [2.24, 2.45) is 0 Å². The maximum absolute atomic E-state index is 11.5. The molecule has 0 saturated carbocycles. The first-order chi connectivity index (χ1) is 14.1. The number of anilines is 1. The molecule has 0 fully saturated rings. The molecule has 2 aromatic carbocycles. The predicted octanol–water partition coefficient (Wildman–Crippen LogP) is 2.03. The molecule has 0 radical (unpaired) electrons. The Morgan fingerprint density at radius 1 is 1.07 bits per heavy atom. The van der Waals surface area contributed by atoms with E-state index in [0.29, 0.717) is 36.0 Å². The van der Waals surface area contributed by atoms with Crippen molar-refractivity contribution in [3.05, 3.63) is 48.0 Å². The van der Waals surface area contributed by atoms with Gasteiger partial charge in [-0.25, -0.2) is 4.79 Å². The van der Waals surface area contributed by atoms with Crippen LogP contribution in [0.2, 0.25) is 0 Å². The van der Waals surface area contributed by atoms with Gasteiger partial charge in [-0.3, -0.25) is 0 Å². The Bertz CT molecular complexity index is 785. The van der Waals surface area contributed by atoms with E-state index in [1.54, 1.807) is 38.5 Å². The summed E-state index contributed by atoms with van der Waals surface area (Å²) in [6.07, 6.45) is 0.0979. The van der Waals surface area contributed by atoms with Gasteiger partial charge in [0.05, 0.1) is 19.9 Å². The fourth-order valence-corrected chi connectivity index (χ4v) is 2.66. The quantitative estimate of drug-likeness (QED) is 0.428. The molecule has 8 nitrogen and oxygen atoms in total. The number of carbonyl (C=O) groups is 1. The molecule has 0 aliphatic carbocycles. The lowest BCUT2D eigenvalue weighted by Gasteiger charge is -2.16. The molecule has 2 rings (SSSR count). The van der Waals surface area contributed by atoms with Gasteiger partial charge in [0.25, 0.3) is 0 Å². The summed E-state index contributed by atoms with van der Waals surface area (Å²) in [7, 11) is 4.75. The van der Waals surface area contributed by atoms with E-state index in [1.165, 1.54) is 7.05 Å². The molecule has 0 aliphatic rings. The molecule has 158 valence electrons. The molecule has 0 saturated heterocycles. The van der Waals surface area contributed by atoms with Gasteiger partial charge in [0, 0.05) is 13.6 Å². The lowest BCUT2D eigenvalue weighted by Crippen LogP contribution is -2.32. The highest BCUT2D eigenvalue weighted by Crippen LogP contribution is 2.27. The molecule has 0 heterocycles. The molecule has 0 aliphatic heterocycles. The SMILES string of the molecule is CNC(=O)Nc1ccccc1OCC(O)CNCCc1ccc(OC)c(OC)c1. The van der Waals surface area contributed by atoms with Crippen LogP contribution >= 0.6 is 0 Å². The lowest BCUT2D eigenvalue weighted by atomic mass is 10.1. The number of para-hydroxylation sites is 2. The predicted molar refractivity (Wildman–Crippen MR) is 112 cm³/mol. The van der Waals surface area contributed by atoms with E-state index in [-0.39, 0.29) is 12.6 Å². The number of urea groups is 1. The minimum absolute atomic E-state index is 0.107. The van der Waals surface area contributed by atoms with Crippen molar-refractivity contribution in [1.29, 1.82) is 0 Å².